The molecule has 2 rings (SSSR count). The van der Waals surface area contributed by atoms with E-state index in [2.05, 4.69) is 0 Å². The van der Waals surface area contributed by atoms with Crippen molar-refractivity contribution in [3.8, 4) is 0 Å². The zero-order valence-corrected chi connectivity index (χ0v) is 15.9. The maximum Gasteiger partial charge on any atom is 0.316 e. The van der Waals surface area contributed by atoms with Gasteiger partial charge in [-0.3, -0.25) is 9.59 Å². The Morgan fingerprint density at radius 3 is 2.46 bits per heavy atom. The Kier molecular flexibility index (Phi) is 7.26. The number of ether oxygens (including phenoxy) is 1. The van der Waals surface area contributed by atoms with E-state index in [1.165, 1.54) is 6.07 Å². The summed E-state index contributed by atoms with van der Waals surface area (Å²) in [5.74, 6) is -0.888. The first kappa shape index (κ1) is 19.4. The topological polar surface area (TPSA) is 43.4 Å². The van der Waals surface area contributed by atoms with Crippen molar-refractivity contribution < 1.29 is 14.3 Å². The van der Waals surface area contributed by atoms with Gasteiger partial charge >= 0.3 is 5.97 Å². The minimum Gasteiger partial charge on any atom is -0.457 e. The number of carbonyl (C=O) groups is 2. The molecule has 126 valence electrons. The monoisotopic (exact) mass is 422 g/mol. The van der Waals surface area contributed by atoms with Gasteiger partial charge in [-0.1, -0.05) is 58.5 Å². The quantitative estimate of drug-likeness (QED) is 0.254. The second kappa shape index (κ2) is 8.97. The molecule has 0 spiro atoms. The number of rotatable bonds is 6. The zero-order valence-electron chi connectivity index (χ0n) is 12.0. The molecule has 2 aromatic rings. The van der Waals surface area contributed by atoms with E-state index in [9.17, 15) is 9.59 Å². The number of Topliss-reactive ketones (excluding diaryl/α,β-unsaturated/α-hetero) is 1. The number of esters is 1. The van der Waals surface area contributed by atoms with Crippen molar-refractivity contribution in [2.24, 2.45) is 0 Å². The van der Waals surface area contributed by atoms with Gasteiger partial charge in [0.25, 0.3) is 0 Å². The van der Waals surface area contributed by atoms with Crippen LogP contribution in [0.15, 0.2) is 41.3 Å². The number of carbonyl (C=O) groups excluding carboxylic acids is 2. The summed E-state index contributed by atoms with van der Waals surface area (Å²) in [5.41, 5.74) is 0.385. The smallest absolute Gasteiger partial charge is 0.316 e. The Morgan fingerprint density at radius 2 is 1.75 bits per heavy atom. The van der Waals surface area contributed by atoms with E-state index < -0.39 is 5.97 Å². The van der Waals surface area contributed by atoms with E-state index in [1.54, 1.807) is 30.3 Å². The average molecular weight is 424 g/mol. The molecule has 2 aromatic carbocycles. The van der Waals surface area contributed by atoms with Gasteiger partial charge in [-0.25, -0.2) is 0 Å². The summed E-state index contributed by atoms with van der Waals surface area (Å²) in [5, 5.41) is 1.28. The van der Waals surface area contributed by atoms with E-state index in [0.29, 0.717) is 20.5 Å². The predicted molar refractivity (Wildman–Crippen MR) is 98.9 cm³/mol. The highest BCUT2D eigenvalue weighted by molar-refractivity contribution is 8.00. The number of halogens is 4. The molecule has 0 heterocycles. The molecule has 0 radical (unpaired) electrons. The number of hydrogen-bond acceptors (Lipinski definition) is 4. The number of ketones is 1. The van der Waals surface area contributed by atoms with Crippen LogP contribution < -0.4 is 0 Å². The lowest BCUT2D eigenvalue weighted by Gasteiger charge is -2.07. The van der Waals surface area contributed by atoms with Crippen molar-refractivity contribution in [2.45, 2.75) is 4.90 Å². The summed E-state index contributed by atoms with van der Waals surface area (Å²) in [6.45, 7) is -0.352. The molecule has 0 aliphatic heterocycles. The molecule has 0 aliphatic carbocycles. The second-order valence-electron chi connectivity index (χ2n) is 4.56. The van der Waals surface area contributed by atoms with Crippen molar-refractivity contribution >= 4 is 69.9 Å². The number of thioether (sulfide) groups is 1. The van der Waals surface area contributed by atoms with Crippen LogP contribution in [0, 0.1) is 0 Å². The Labute approximate surface area is 163 Å². The summed E-state index contributed by atoms with van der Waals surface area (Å²) >= 11 is 24.8. The van der Waals surface area contributed by atoms with Crippen LogP contribution >= 0.6 is 58.2 Å². The lowest BCUT2D eigenvalue weighted by Crippen LogP contribution is -2.15. The molecule has 3 nitrogen and oxygen atoms in total. The highest BCUT2D eigenvalue weighted by Crippen LogP contribution is 2.37. The Balaban J connectivity index is 1.86. The van der Waals surface area contributed by atoms with Crippen LogP contribution in [-0.4, -0.2) is 24.1 Å². The van der Waals surface area contributed by atoms with Crippen LogP contribution in [0.25, 0.3) is 0 Å². The van der Waals surface area contributed by atoms with Crippen LogP contribution in [0.3, 0.4) is 0 Å². The van der Waals surface area contributed by atoms with Gasteiger partial charge in [0.2, 0.25) is 0 Å². The first-order chi connectivity index (χ1) is 11.4. The molecule has 0 saturated heterocycles. The van der Waals surface area contributed by atoms with Gasteiger partial charge in [0.1, 0.15) is 0 Å². The number of hydrogen-bond donors (Lipinski definition) is 0. The highest BCUT2D eigenvalue weighted by Gasteiger charge is 2.13. The SMILES string of the molecule is O=C(CSc1ccc(Cl)c(Cl)c1Cl)OCC(=O)c1cccc(Cl)c1. The zero-order chi connectivity index (χ0) is 17.7. The Morgan fingerprint density at radius 1 is 1.00 bits per heavy atom. The van der Waals surface area contributed by atoms with Crippen molar-refractivity contribution in [3.63, 3.8) is 0 Å². The van der Waals surface area contributed by atoms with E-state index in [-0.39, 0.29) is 28.2 Å². The highest BCUT2D eigenvalue weighted by atomic mass is 35.5. The molecular weight excluding hydrogens is 414 g/mol. The largest absolute Gasteiger partial charge is 0.457 e. The van der Waals surface area contributed by atoms with Gasteiger partial charge in [-0.05, 0) is 24.3 Å². The molecule has 0 fully saturated rings. The van der Waals surface area contributed by atoms with Gasteiger partial charge in [-0.15, -0.1) is 11.8 Å². The lowest BCUT2D eigenvalue weighted by molar-refractivity contribution is -0.139. The predicted octanol–water partition coefficient (Wildman–Crippen LogP) is 5.82. The molecule has 0 atom stereocenters. The molecule has 0 amide bonds. The molecular formula is C16H10Cl4O3S. The van der Waals surface area contributed by atoms with Crippen molar-refractivity contribution in [1.82, 2.24) is 0 Å². The van der Waals surface area contributed by atoms with Crippen LogP contribution in [0.5, 0.6) is 0 Å². The van der Waals surface area contributed by atoms with E-state index in [4.69, 9.17) is 51.1 Å². The third kappa shape index (κ3) is 5.30. The molecule has 0 unspecified atom stereocenters. The van der Waals surface area contributed by atoms with Gasteiger partial charge < -0.3 is 4.74 Å². The summed E-state index contributed by atoms with van der Waals surface area (Å²) in [7, 11) is 0. The average Bonchev–Trinajstić information content (AvgIpc) is 2.57. The fourth-order valence-corrected chi connectivity index (χ4v) is 3.38. The van der Waals surface area contributed by atoms with Crippen molar-refractivity contribution in [2.75, 3.05) is 12.4 Å². The molecule has 0 N–H and O–H groups in total. The fraction of sp³-hybridized carbons (Fsp3) is 0.125. The van der Waals surface area contributed by atoms with Gasteiger partial charge in [-0.2, -0.15) is 0 Å². The first-order valence-electron chi connectivity index (χ1n) is 6.59. The van der Waals surface area contributed by atoms with E-state index in [0.717, 1.165) is 11.8 Å². The summed E-state index contributed by atoms with van der Waals surface area (Å²) in [6.07, 6.45) is 0. The van der Waals surface area contributed by atoms with Crippen LogP contribution in [0.4, 0.5) is 0 Å². The Bertz CT molecular complexity index is 780. The van der Waals surface area contributed by atoms with Crippen LogP contribution in [0.1, 0.15) is 10.4 Å². The fourth-order valence-electron chi connectivity index (χ4n) is 1.69. The van der Waals surface area contributed by atoms with Crippen LogP contribution in [-0.2, 0) is 9.53 Å². The Hall–Kier alpha value is -0.910. The van der Waals surface area contributed by atoms with Crippen molar-refractivity contribution in [1.29, 1.82) is 0 Å². The van der Waals surface area contributed by atoms with E-state index >= 15 is 0 Å². The lowest BCUT2D eigenvalue weighted by atomic mass is 10.1. The summed E-state index contributed by atoms with van der Waals surface area (Å²) in [4.78, 5) is 24.3. The van der Waals surface area contributed by atoms with Gasteiger partial charge in [0.05, 0.1) is 20.8 Å². The first-order valence-corrected chi connectivity index (χ1v) is 9.09. The molecule has 0 saturated carbocycles. The summed E-state index contributed by atoms with van der Waals surface area (Å²) in [6, 6.07) is 9.67. The minimum absolute atomic E-state index is 0.0134. The maximum atomic E-state index is 11.9. The van der Waals surface area contributed by atoms with E-state index in [1.807, 2.05) is 0 Å². The molecule has 0 aromatic heterocycles. The third-order valence-corrected chi connectivity index (χ3v) is 5.53. The molecule has 0 bridgehead atoms. The standard InChI is InChI=1S/C16H10Cl4O3S/c17-10-3-1-2-9(6-10)12(21)7-23-14(22)8-24-13-5-4-11(18)15(19)16(13)20/h1-6H,7-8H2. The molecule has 8 heteroatoms. The van der Waals surface area contributed by atoms with Crippen molar-refractivity contribution in [3.05, 3.63) is 62.1 Å². The third-order valence-electron chi connectivity index (χ3n) is 2.86. The molecule has 24 heavy (non-hydrogen) atoms. The minimum atomic E-state index is -0.544. The normalized spacial score (nSPS) is 10.5. The summed E-state index contributed by atoms with van der Waals surface area (Å²) < 4.78 is 4.96. The second-order valence-corrected chi connectivity index (χ2v) is 7.17. The van der Waals surface area contributed by atoms with Crippen LogP contribution in [0.2, 0.25) is 20.1 Å². The maximum absolute atomic E-state index is 11.9. The van der Waals surface area contributed by atoms with Gasteiger partial charge in [0, 0.05) is 15.5 Å². The van der Waals surface area contributed by atoms with Gasteiger partial charge in [0.15, 0.2) is 12.4 Å². The number of benzene rings is 2. The molecule has 0 aliphatic rings.